The van der Waals surface area contributed by atoms with Gasteiger partial charge in [-0.25, -0.2) is 4.79 Å². The van der Waals surface area contributed by atoms with Gasteiger partial charge < -0.3 is 28.5 Å². The Morgan fingerprint density at radius 3 is 0.914 bits per heavy atom. The van der Waals surface area contributed by atoms with Crippen LogP contribution in [0.15, 0.2) is 97.2 Å². The highest BCUT2D eigenvalue weighted by Crippen LogP contribution is 2.19. The molecule has 0 spiro atoms. The molecule has 0 radical (unpaired) electrons. The average molecular weight is 1300 g/mol. The van der Waals surface area contributed by atoms with Crippen molar-refractivity contribution in [2.24, 2.45) is 0 Å². The van der Waals surface area contributed by atoms with Crippen molar-refractivity contribution >= 4 is 17.9 Å². The maximum atomic E-state index is 13.0. The number of hydrogen-bond acceptors (Lipinski definition) is 7. The maximum Gasteiger partial charge on any atom is 0.361 e. The van der Waals surface area contributed by atoms with Crippen LogP contribution in [-0.4, -0.2) is 87.4 Å². The number of unbranched alkanes of at least 4 members (excludes halogenated alkanes) is 42. The van der Waals surface area contributed by atoms with E-state index in [9.17, 15) is 19.5 Å². The molecule has 1 N–H and O–H groups in total. The molecule has 0 heterocycles. The van der Waals surface area contributed by atoms with Crippen LogP contribution in [-0.2, 0) is 33.3 Å². The maximum absolute atomic E-state index is 13.0. The summed E-state index contributed by atoms with van der Waals surface area (Å²) in [4.78, 5) is 37.7. The number of ether oxygens (including phenoxy) is 4. The number of carbonyl (C=O) groups is 3. The van der Waals surface area contributed by atoms with Gasteiger partial charge in [0.25, 0.3) is 6.29 Å². The first-order chi connectivity index (χ1) is 45.6. The van der Waals surface area contributed by atoms with Crippen LogP contribution >= 0.6 is 0 Å². The summed E-state index contributed by atoms with van der Waals surface area (Å²) < 4.78 is 23.0. The monoisotopic (exact) mass is 1300 g/mol. The van der Waals surface area contributed by atoms with E-state index >= 15 is 0 Å². The smallest absolute Gasteiger partial charge is 0.361 e. The van der Waals surface area contributed by atoms with Gasteiger partial charge in [0.05, 0.1) is 34.4 Å². The van der Waals surface area contributed by atoms with Gasteiger partial charge in [-0.2, -0.15) is 0 Å². The fourth-order valence-electron chi connectivity index (χ4n) is 11.4. The Labute approximate surface area is 575 Å². The summed E-state index contributed by atoms with van der Waals surface area (Å²) >= 11 is 0. The number of carboxylic acids is 1. The Hall–Kier alpha value is -3.79. The fourth-order valence-corrected chi connectivity index (χ4v) is 11.4. The van der Waals surface area contributed by atoms with Crippen molar-refractivity contribution in [3.8, 4) is 0 Å². The Morgan fingerprint density at radius 1 is 0.333 bits per heavy atom. The predicted molar refractivity (Wildman–Crippen MR) is 401 cm³/mol. The van der Waals surface area contributed by atoms with Crippen LogP contribution in [0.5, 0.6) is 0 Å². The van der Waals surface area contributed by atoms with Crippen molar-refractivity contribution in [2.45, 2.75) is 373 Å². The van der Waals surface area contributed by atoms with Crippen molar-refractivity contribution in [3.63, 3.8) is 0 Å². The first-order valence-corrected chi connectivity index (χ1v) is 39.4. The molecule has 0 fully saturated rings. The zero-order chi connectivity index (χ0) is 67.5. The molecular weight excluding hydrogens is 1150 g/mol. The second-order valence-electron chi connectivity index (χ2n) is 27.7. The predicted octanol–water partition coefficient (Wildman–Crippen LogP) is 25.1. The minimum absolute atomic E-state index is 0.181. The molecule has 0 saturated heterocycles. The number of likely N-dealkylation sites (N-methyl/N-ethyl adjacent to an activating group) is 1. The summed E-state index contributed by atoms with van der Waals surface area (Å²) in [5.74, 6) is -2.01. The molecule has 2 atom stereocenters. The van der Waals surface area contributed by atoms with Gasteiger partial charge in [0.1, 0.15) is 13.2 Å². The van der Waals surface area contributed by atoms with Crippen LogP contribution in [0.1, 0.15) is 361 Å². The quantitative estimate of drug-likeness (QED) is 0.0211. The molecule has 9 nitrogen and oxygen atoms in total. The van der Waals surface area contributed by atoms with E-state index in [0.29, 0.717) is 23.9 Å². The van der Waals surface area contributed by atoms with Crippen LogP contribution in [0.2, 0.25) is 0 Å². The highest BCUT2D eigenvalue weighted by Gasteiger charge is 2.25. The number of rotatable bonds is 73. The molecule has 0 saturated carbocycles. The van der Waals surface area contributed by atoms with Gasteiger partial charge in [-0.15, -0.1) is 0 Å². The van der Waals surface area contributed by atoms with Gasteiger partial charge in [0.15, 0.2) is 6.10 Å². The van der Waals surface area contributed by atoms with Crippen LogP contribution in [0.3, 0.4) is 0 Å². The highest BCUT2D eigenvalue weighted by atomic mass is 16.7. The van der Waals surface area contributed by atoms with Gasteiger partial charge in [-0.05, 0) is 77.0 Å². The van der Waals surface area contributed by atoms with Crippen LogP contribution < -0.4 is 0 Å². The van der Waals surface area contributed by atoms with E-state index in [1.807, 2.05) is 21.1 Å². The summed E-state index contributed by atoms with van der Waals surface area (Å²) in [6, 6.07) is 0. The van der Waals surface area contributed by atoms with Crippen molar-refractivity contribution in [1.29, 1.82) is 0 Å². The van der Waals surface area contributed by atoms with E-state index in [4.69, 9.17) is 18.9 Å². The Bertz CT molecular complexity index is 1850. The van der Waals surface area contributed by atoms with E-state index < -0.39 is 24.3 Å². The summed E-state index contributed by atoms with van der Waals surface area (Å²) in [7, 11) is 5.98. The molecule has 0 aromatic rings. The lowest BCUT2D eigenvalue weighted by atomic mass is 10.0. The number of allylic oxidation sites excluding steroid dienone is 16. The van der Waals surface area contributed by atoms with Gasteiger partial charge in [-0.3, -0.25) is 9.59 Å². The van der Waals surface area contributed by atoms with Gasteiger partial charge in [0, 0.05) is 12.8 Å². The first kappa shape index (κ1) is 89.2. The normalized spacial score (nSPS) is 13.2. The molecular formula is C84H150NO8+. The third-order valence-electron chi connectivity index (χ3n) is 17.4. The second-order valence-corrected chi connectivity index (χ2v) is 27.7. The van der Waals surface area contributed by atoms with Crippen molar-refractivity contribution in [3.05, 3.63) is 97.2 Å². The molecule has 0 aliphatic heterocycles. The summed E-state index contributed by atoms with van der Waals surface area (Å²) in [6.07, 6.45) is 99.9. The Morgan fingerprint density at radius 2 is 0.613 bits per heavy atom. The fraction of sp³-hybridized carbons (Fsp3) is 0.774. The van der Waals surface area contributed by atoms with Crippen LogP contribution in [0.4, 0.5) is 0 Å². The third kappa shape index (κ3) is 75.5. The van der Waals surface area contributed by atoms with E-state index in [0.717, 1.165) is 109 Å². The molecule has 9 heteroatoms. The molecule has 0 aliphatic carbocycles. The molecule has 0 aromatic heterocycles. The average Bonchev–Trinajstić information content (AvgIpc) is 3.38. The molecule has 0 aromatic carbocycles. The number of carboxylic acid groups (broad SMARTS) is 1. The molecule has 0 bridgehead atoms. The van der Waals surface area contributed by atoms with Crippen LogP contribution in [0, 0.1) is 0 Å². The Kier molecular flexibility index (Phi) is 71.0. The van der Waals surface area contributed by atoms with Crippen molar-refractivity contribution in [2.75, 3.05) is 47.5 Å². The van der Waals surface area contributed by atoms with E-state index in [1.54, 1.807) is 0 Å². The lowest BCUT2D eigenvalue weighted by Crippen LogP contribution is -2.40. The number of aliphatic carboxylic acids is 1. The third-order valence-corrected chi connectivity index (χ3v) is 17.4. The minimum atomic E-state index is -1.52. The second kappa shape index (κ2) is 74.0. The van der Waals surface area contributed by atoms with Crippen LogP contribution in [0.25, 0.3) is 0 Å². The lowest BCUT2D eigenvalue weighted by Gasteiger charge is -2.25. The summed E-state index contributed by atoms with van der Waals surface area (Å²) in [5, 5.41) is 9.77. The summed E-state index contributed by atoms with van der Waals surface area (Å²) in [5.41, 5.74) is 0. The number of hydrogen-bond donors (Lipinski definition) is 1. The first-order valence-electron chi connectivity index (χ1n) is 39.4. The van der Waals surface area contributed by atoms with Gasteiger partial charge >= 0.3 is 17.9 Å². The lowest BCUT2D eigenvalue weighted by molar-refractivity contribution is -0.870. The molecule has 0 amide bonds. The topological polar surface area (TPSA) is 108 Å². The molecule has 93 heavy (non-hydrogen) atoms. The minimum Gasteiger partial charge on any atom is -0.477 e. The highest BCUT2D eigenvalue weighted by molar-refractivity contribution is 5.71. The Balaban J connectivity index is 4.05. The molecule has 538 valence electrons. The molecule has 2 unspecified atom stereocenters. The number of esters is 2. The van der Waals surface area contributed by atoms with Crippen molar-refractivity contribution < 1.29 is 42.9 Å². The van der Waals surface area contributed by atoms with Gasteiger partial charge in [0.2, 0.25) is 0 Å². The summed E-state index contributed by atoms with van der Waals surface area (Å²) in [6.45, 7) is 4.79. The van der Waals surface area contributed by atoms with E-state index in [-0.39, 0.29) is 32.2 Å². The zero-order valence-corrected chi connectivity index (χ0v) is 61.7. The van der Waals surface area contributed by atoms with Crippen molar-refractivity contribution in [1.82, 2.24) is 0 Å². The number of quaternary nitrogens is 1. The number of carbonyl (C=O) groups excluding carboxylic acids is 2. The SMILES string of the molecule is CC/C=C\C/C=C\C/C=C\C/C=C\C/C=C\C/C=C\C/C=C\C/C=C\CCCCCCCCC(=O)OC(COC(=O)CCCCCCCCCCCCCCCCCCCCCCCCCCCCCCCCCCCCCCC)COC(OCC[N+](C)(C)C)C(=O)O. The molecule has 0 aliphatic rings. The largest absolute Gasteiger partial charge is 0.477 e. The zero-order valence-electron chi connectivity index (χ0n) is 61.7. The standard InChI is InChI=1S/C84H149NO8/c1-6-8-10-12-14-16-18-20-22-24-26-28-30-32-34-36-38-39-40-41-42-43-45-46-48-50-52-54-56-58-60-62-64-66-68-70-72-74-81(86)91-78-80(79-92-84(83(88)89)90-77-76-85(3,4)5)93-82(87)75-73-71-69-67-65-63-61-59-57-55-53-51-49-47-44-37-35-33-31-29-27-25-23-21-19-17-15-13-11-9-7-2/h9,11,15,17,21,23,27,29,33,35,44,47,51,53,57,59,80,84H,6-8,10,12-14,16,18-20,22,24-26,28,30-32,34,36-43,45-46,48-50,52,54-56,58,60-79H2,1-5H3/p+1/b11-9-,17-15-,23-21-,29-27-,35-33-,47-44-,53-51-,59-57-. The van der Waals surface area contributed by atoms with E-state index in [1.165, 1.54) is 218 Å². The van der Waals surface area contributed by atoms with E-state index in [2.05, 4.69) is 111 Å². The number of nitrogens with zero attached hydrogens (tertiary/aromatic N) is 1. The van der Waals surface area contributed by atoms with Gasteiger partial charge in [-0.1, -0.05) is 368 Å². The molecule has 0 rings (SSSR count).